The molecule has 0 spiro atoms. The lowest BCUT2D eigenvalue weighted by molar-refractivity contribution is -0.137. The first-order valence-electron chi connectivity index (χ1n) is 7.92. The number of methoxy groups -OCH3 is 1. The number of primary amides is 1. The van der Waals surface area contributed by atoms with Crippen LogP contribution in [0.5, 0.6) is 5.75 Å². The Kier molecular flexibility index (Phi) is 5.60. The normalized spacial score (nSPS) is 18.5. The van der Waals surface area contributed by atoms with E-state index in [1.165, 1.54) is 0 Å². The van der Waals surface area contributed by atoms with Crippen molar-refractivity contribution in [3.8, 4) is 5.75 Å². The highest BCUT2D eigenvalue weighted by molar-refractivity contribution is 5.92. The van der Waals surface area contributed by atoms with E-state index < -0.39 is 23.5 Å². The van der Waals surface area contributed by atoms with E-state index in [4.69, 9.17) is 10.5 Å². The average Bonchev–Trinajstić information content (AvgIpc) is 2.80. The number of hydrogen-bond donors (Lipinski definition) is 3. The van der Waals surface area contributed by atoms with Crippen molar-refractivity contribution >= 4 is 11.8 Å². The van der Waals surface area contributed by atoms with Gasteiger partial charge in [-0.2, -0.15) is 0 Å². The first-order chi connectivity index (χ1) is 11.0. The van der Waals surface area contributed by atoms with Gasteiger partial charge in [-0.3, -0.25) is 9.59 Å². The van der Waals surface area contributed by atoms with Crippen LogP contribution in [-0.2, 0) is 9.59 Å². The van der Waals surface area contributed by atoms with Crippen molar-refractivity contribution in [2.24, 2.45) is 5.73 Å². The van der Waals surface area contributed by atoms with Crippen molar-refractivity contribution in [2.75, 3.05) is 7.11 Å². The van der Waals surface area contributed by atoms with Gasteiger partial charge in [0, 0.05) is 0 Å². The van der Waals surface area contributed by atoms with Gasteiger partial charge in [-0.05, 0) is 30.5 Å². The van der Waals surface area contributed by atoms with E-state index in [2.05, 4.69) is 5.32 Å². The summed E-state index contributed by atoms with van der Waals surface area (Å²) in [6.45, 7) is 0. The number of carbonyl (C=O) groups is 2. The molecule has 0 unspecified atom stereocenters. The molecule has 6 nitrogen and oxygen atoms in total. The van der Waals surface area contributed by atoms with Gasteiger partial charge in [0.15, 0.2) is 6.10 Å². The van der Waals surface area contributed by atoms with Crippen molar-refractivity contribution in [1.29, 1.82) is 0 Å². The zero-order valence-corrected chi connectivity index (χ0v) is 13.4. The van der Waals surface area contributed by atoms with Crippen LogP contribution in [0.25, 0.3) is 0 Å². The van der Waals surface area contributed by atoms with Gasteiger partial charge in [-0.1, -0.05) is 37.8 Å². The fourth-order valence-corrected chi connectivity index (χ4v) is 3.01. The maximum Gasteiger partial charge on any atom is 0.254 e. The minimum Gasteiger partial charge on any atom is -0.497 e. The SMILES string of the molecule is COc1ccc([C@H](O)C(=O)NC2(C(N)=O)CCCCCC2)cc1. The van der Waals surface area contributed by atoms with Gasteiger partial charge in [-0.25, -0.2) is 0 Å². The highest BCUT2D eigenvalue weighted by Gasteiger charge is 2.39. The van der Waals surface area contributed by atoms with E-state index >= 15 is 0 Å². The molecule has 1 saturated carbocycles. The lowest BCUT2D eigenvalue weighted by Gasteiger charge is -2.31. The molecule has 6 heteroatoms. The molecule has 1 atom stereocenters. The van der Waals surface area contributed by atoms with Gasteiger partial charge in [0.25, 0.3) is 5.91 Å². The van der Waals surface area contributed by atoms with Gasteiger partial charge < -0.3 is 20.9 Å². The molecule has 0 heterocycles. The minimum atomic E-state index is -1.35. The number of aliphatic hydroxyl groups is 1. The van der Waals surface area contributed by atoms with Gasteiger partial charge in [0.2, 0.25) is 5.91 Å². The number of benzene rings is 1. The molecular formula is C17H24N2O4. The third-order valence-electron chi connectivity index (χ3n) is 4.47. The zero-order chi connectivity index (χ0) is 16.9. The molecule has 0 aromatic heterocycles. The number of nitrogens with two attached hydrogens (primary N) is 1. The van der Waals surface area contributed by atoms with Gasteiger partial charge in [0.05, 0.1) is 7.11 Å². The third kappa shape index (κ3) is 4.01. The smallest absolute Gasteiger partial charge is 0.254 e. The second-order valence-corrected chi connectivity index (χ2v) is 6.03. The number of amides is 2. The Bertz CT molecular complexity index is 548. The predicted octanol–water partition coefficient (Wildman–Crippen LogP) is 1.42. The molecule has 1 aliphatic rings. The fraction of sp³-hybridized carbons (Fsp3) is 0.529. The Morgan fingerprint density at radius 1 is 1.17 bits per heavy atom. The van der Waals surface area contributed by atoms with Crippen LogP contribution in [0.3, 0.4) is 0 Å². The standard InChI is InChI=1S/C17H24N2O4/c1-23-13-8-6-12(7-9-13)14(20)15(21)19-17(16(18)22)10-4-2-3-5-11-17/h6-9,14,20H,2-5,10-11H2,1H3,(H2,18,22)(H,19,21)/t14-/m0/s1. The van der Waals surface area contributed by atoms with E-state index in [1.807, 2.05) is 0 Å². The molecule has 1 aliphatic carbocycles. The van der Waals surface area contributed by atoms with Crippen LogP contribution in [0.15, 0.2) is 24.3 Å². The van der Waals surface area contributed by atoms with E-state index in [0.717, 1.165) is 25.7 Å². The summed E-state index contributed by atoms with van der Waals surface area (Å²) >= 11 is 0. The minimum absolute atomic E-state index is 0.441. The molecule has 4 N–H and O–H groups in total. The van der Waals surface area contributed by atoms with E-state index in [0.29, 0.717) is 24.2 Å². The van der Waals surface area contributed by atoms with Crippen LogP contribution in [0.4, 0.5) is 0 Å². The highest BCUT2D eigenvalue weighted by Crippen LogP contribution is 2.28. The van der Waals surface area contributed by atoms with Crippen LogP contribution in [-0.4, -0.2) is 29.6 Å². The van der Waals surface area contributed by atoms with E-state index in [-0.39, 0.29) is 0 Å². The summed E-state index contributed by atoms with van der Waals surface area (Å²) in [5.74, 6) is -0.496. The zero-order valence-electron chi connectivity index (χ0n) is 13.4. The van der Waals surface area contributed by atoms with Crippen molar-refractivity contribution in [3.63, 3.8) is 0 Å². The van der Waals surface area contributed by atoms with Crippen LogP contribution in [0.1, 0.15) is 50.2 Å². The first kappa shape index (κ1) is 17.3. The second-order valence-electron chi connectivity index (χ2n) is 6.03. The predicted molar refractivity (Wildman–Crippen MR) is 85.7 cm³/mol. The molecule has 0 radical (unpaired) electrons. The lowest BCUT2D eigenvalue weighted by atomic mass is 9.88. The van der Waals surface area contributed by atoms with Crippen molar-refractivity contribution in [2.45, 2.75) is 50.2 Å². The van der Waals surface area contributed by atoms with Gasteiger partial charge >= 0.3 is 0 Å². The number of rotatable bonds is 5. The molecule has 126 valence electrons. The second kappa shape index (κ2) is 7.46. The quantitative estimate of drug-likeness (QED) is 0.714. The first-order valence-corrected chi connectivity index (χ1v) is 7.92. The molecule has 2 rings (SSSR count). The molecule has 1 aromatic carbocycles. The molecule has 0 saturated heterocycles. The fourth-order valence-electron chi connectivity index (χ4n) is 3.01. The Balaban J connectivity index is 2.12. The Labute approximate surface area is 136 Å². The summed E-state index contributed by atoms with van der Waals surface area (Å²) in [6, 6.07) is 6.57. The topological polar surface area (TPSA) is 102 Å². The van der Waals surface area contributed by atoms with Crippen LogP contribution < -0.4 is 15.8 Å². The van der Waals surface area contributed by atoms with Gasteiger partial charge in [-0.15, -0.1) is 0 Å². The number of carbonyl (C=O) groups excluding carboxylic acids is 2. The van der Waals surface area contributed by atoms with Crippen molar-refractivity contribution in [1.82, 2.24) is 5.32 Å². The summed E-state index contributed by atoms with van der Waals surface area (Å²) in [5.41, 5.74) is 4.93. The highest BCUT2D eigenvalue weighted by atomic mass is 16.5. The van der Waals surface area contributed by atoms with E-state index in [9.17, 15) is 14.7 Å². The maximum absolute atomic E-state index is 12.4. The number of ether oxygens (including phenoxy) is 1. The molecule has 1 fully saturated rings. The van der Waals surface area contributed by atoms with Gasteiger partial charge in [0.1, 0.15) is 11.3 Å². The lowest BCUT2D eigenvalue weighted by Crippen LogP contribution is -2.58. The molecule has 23 heavy (non-hydrogen) atoms. The summed E-state index contributed by atoms with van der Waals surface area (Å²) in [6.07, 6.45) is 3.40. The largest absolute Gasteiger partial charge is 0.497 e. The molecule has 2 amide bonds. The van der Waals surface area contributed by atoms with Crippen LogP contribution in [0.2, 0.25) is 0 Å². The number of nitrogens with one attached hydrogen (secondary N) is 1. The monoisotopic (exact) mass is 320 g/mol. The summed E-state index contributed by atoms with van der Waals surface area (Å²) < 4.78 is 5.05. The maximum atomic E-state index is 12.4. The van der Waals surface area contributed by atoms with Crippen LogP contribution >= 0.6 is 0 Å². The Morgan fingerprint density at radius 2 is 1.74 bits per heavy atom. The number of aliphatic hydroxyl groups excluding tert-OH is 1. The molecule has 1 aromatic rings. The number of hydrogen-bond acceptors (Lipinski definition) is 4. The van der Waals surface area contributed by atoms with E-state index in [1.54, 1.807) is 31.4 Å². The molecular weight excluding hydrogens is 296 g/mol. The summed E-state index contributed by atoms with van der Waals surface area (Å²) in [5, 5.41) is 12.9. The average molecular weight is 320 g/mol. The van der Waals surface area contributed by atoms with Crippen molar-refractivity contribution < 1.29 is 19.4 Å². The summed E-state index contributed by atoms with van der Waals surface area (Å²) in [7, 11) is 1.54. The molecule has 0 bridgehead atoms. The van der Waals surface area contributed by atoms with Crippen molar-refractivity contribution in [3.05, 3.63) is 29.8 Å². The third-order valence-corrected chi connectivity index (χ3v) is 4.47. The summed E-state index contributed by atoms with van der Waals surface area (Å²) in [4.78, 5) is 24.3. The Hall–Kier alpha value is -2.08. The Morgan fingerprint density at radius 3 is 2.22 bits per heavy atom. The van der Waals surface area contributed by atoms with Crippen LogP contribution in [0, 0.1) is 0 Å². The molecule has 0 aliphatic heterocycles.